The van der Waals surface area contributed by atoms with E-state index in [1.165, 1.54) is 24.7 Å². The van der Waals surface area contributed by atoms with Gasteiger partial charge < -0.3 is 26.4 Å². The number of carbonyl (C=O) groups excluding carboxylic acids is 2. The van der Waals surface area contributed by atoms with Crippen LogP contribution < -0.4 is 21.7 Å². The molecule has 0 bridgehead atoms. The number of urea groups is 1. The number of hydrogen-bond donors (Lipinski definition) is 4. The highest BCUT2D eigenvalue weighted by atomic mass is 19.1. The number of esters is 1. The molecule has 4 atom stereocenters. The molecule has 0 saturated carbocycles. The van der Waals surface area contributed by atoms with Crippen LogP contribution in [-0.4, -0.2) is 50.0 Å². The Kier molecular flexibility index (Phi) is 14.5. The molecule has 0 spiro atoms. The van der Waals surface area contributed by atoms with Crippen LogP contribution in [0.15, 0.2) is 42.5 Å². The van der Waals surface area contributed by atoms with Gasteiger partial charge in [0.25, 0.3) is 0 Å². The molecule has 0 aromatic heterocycles. The van der Waals surface area contributed by atoms with Gasteiger partial charge in [-0.15, -0.1) is 0 Å². The predicted molar refractivity (Wildman–Crippen MR) is 150 cm³/mol. The zero-order valence-corrected chi connectivity index (χ0v) is 23.7. The second kappa shape index (κ2) is 17.6. The molecule has 0 aliphatic heterocycles. The number of nitrogens with two attached hydrogens (primary N) is 1. The molecule has 5 N–H and O–H groups in total. The molecular weight excluding hydrogens is 521 g/mol. The Balaban J connectivity index is 2.16. The first-order valence-electron chi connectivity index (χ1n) is 14.0. The Morgan fingerprint density at radius 2 is 1.68 bits per heavy atom. The summed E-state index contributed by atoms with van der Waals surface area (Å²) in [6.45, 7) is 4.66. The van der Waals surface area contributed by atoms with Crippen molar-refractivity contribution >= 4 is 12.0 Å². The third-order valence-electron chi connectivity index (χ3n) is 6.67. The number of alkyl halides is 1. The topological polar surface area (TPSA) is 105 Å². The molecule has 2 amide bonds. The van der Waals surface area contributed by atoms with Crippen LogP contribution >= 0.6 is 0 Å². The zero-order chi connectivity index (χ0) is 29.5. The SMILES string of the molecule is CCCCC(F)CC[C@@H](NC(=O)NC)C(=O)O[C@H](CNCc1cccc(CC)c1)[C@@H](N)Cc1cc(F)cc(F)c1. The summed E-state index contributed by atoms with van der Waals surface area (Å²) in [5.41, 5.74) is 8.94. The van der Waals surface area contributed by atoms with Crippen molar-refractivity contribution in [3.05, 3.63) is 70.8 Å². The highest BCUT2D eigenvalue weighted by molar-refractivity contribution is 5.83. The summed E-state index contributed by atoms with van der Waals surface area (Å²) in [5.74, 6) is -2.22. The van der Waals surface area contributed by atoms with Crippen molar-refractivity contribution in [1.29, 1.82) is 0 Å². The highest BCUT2D eigenvalue weighted by Gasteiger charge is 2.29. The average molecular weight is 565 g/mol. The van der Waals surface area contributed by atoms with Gasteiger partial charge in [0.05, 0.1) is 0 Å². The molecule has 2 rings (SSSR count). The number of benzene rings is 2. The molecule has 10 heteroatoms. The Morgan fingerprint density at radius 1 is 0.975 bits per heavy atom. The van der Waals surface area contributed by atoms with Gasteiger partial charge in [0.2, 0.25) is 0 Å². The second-order valence-electron chi connectivity index (χ2n) is 10.0. The number of nitrogens with one attached hydrogen (secondary N) is 3. The molecule has 0 aliphatic rings. The lowest BCUT2D eigenvalue weighted by atomic mass is 10.0. The van der Waals surface area contributed by atoms with Gasteiger partial charge in [-0.25, -0.2) is 22.8 Å². The molecular formula is C30H43F3N4O3. The maximum atomic E-state index is 14.3. The van der Waals surface area contributed by atoms with E-state index in [-0.39, 0.29) is 25.8 Å². The van der Waals surface area contributed by atoms with Crippen LogP contribution in [0.5, 0.6) is 0 Å². The Bertz CT molecular complexity index is 1050. The van der Waals surface area contributed by atoms with Gasteiger partial charge >= 0.3 is 12.0 Å². The lowest BCUT2D eigenvalue weighted by molar-refractivity contribution is -0.152. The van der Waals surface area contributed by atoms with E-state index in [1.807, 2.05) is 25.1 Å². The fraction of sp³-hybridized carbons (Fsp3) is 0.533. The molecule has 7 nitrogen and oxygen atoms in total. The molecule has 222 valence electrons. The second-order valence-corrected chi connectivity index (χ2v) is 10.0. The number of ether oxygens (including phenoxy) is 1. The van der Waals surface area contributed by atoms with Crippen LogP contribution in [0.2, 0.25) is 0 Å². The standard InChI is InChI=1S/C30H43F3N4O3/c1-4-6-10-23(31)11-12-27(37-30(39)35-3)29(38)40-28(19-36-18-21-9-7-8-20(5-2)13-21)26(34)16-22-14-24(32)17-25(33)15-22/h7-9,13-15,17,23,26-28,36H,4-6,10-12,16,18-19,34H2,1-3H3,(H2,35,37,39)/t23?,26-,27+,28+/m0/s1. The van der Waals surface area contributed by atoms with Gasteiger partial charge in [0.1, 0.15) is 30.0 Å². The molecule has 40 heavy (non-hydrogen) atoms. The van der Waals surface area contributed by atoms with Crippen LogP contribution in [0.25, 0.3) is 0 Å². The van der Waals surface area contributed by atoms with Crippen LogP contribution in [0.4, 0.5) is 18.0 Å². The van der Waals surface area contributed by atoms with E-state index in [4.69, 9.17) is 10.5 Å². The van der Waals surface area contributed by atoms with E-state index >= 15 is 0 Å². The number of halogens is 3. The minimum atomic E-state index is -1.11. The van der Waals surface area contributed by atoms with Crippen molar-refractivity contribution in [2.45, 2.75) is 89.7 Å². The number of amides is 2. The molecule has 0 saturated heterocycles. The molecule has 0 aliphatic carbocycles. The van der Waals surface area contributed by atoms with Crippen LogP contribution in [-0.2, 0) is 28.9 Å². The van der Waals surface area contributed by atoms with Crippen molar-refractivity contribution in [3.8, 4) is 0 Å². The Hall–Kier alpha value is -3.11. The number of hydrogen-bond acceptors (Lipinski definition) is 5. The van der Waals surface area contributed by atoms with Crippen molar-refractivity contribution in [1.82, 2.24) is 16.0 Å². The summed E-state index contributed by atoms with van der Waals surface area (Å²) in [6, 6.07) is 8.65. The largest absolute Gasteiger partial charge is 0.458 e. The number of aryl methyl sites for hydroxylation is 1. The van der Waals surface area contributed by atoms with E-state index in [2.05, 4.69) is 28.9 Å². The van der Waals surface area contributed by atoms with Gasteiger partial charge in [-0.2, -0.15) is 0 Å². The minimum absolute atomic E-state index is 0.0384. The summed E-state index contributed by atoms with van der Waals surface area (Å²) in [4.78, 5) is 25.2. The summed E-state index contributed by atoms with van der Waals surface area (Å²) in [7, 11) is 1.41. The van der Waals surface area contributed by atoms with Crippen molar-refractivity contribution in [3.63, 3.8) is 0 Å². The molecule has 2 aromatic rings. The van der Waals surface area contributed by atoms with E-state index in [0.29, 0.717) is 18.5 Å². The van der Waals surface area contributed by atoms with E-state index in [0.717, 1.165) is 30.9 Å². The first-order valence-corrected chi connectivity index (χ1v) is 14.0. The average Bonchev–Trinajstić information content (AvgIpc) is 2.92. The van der Waals surface area contributed by atoms with E-state index in [1.54, 1.807) is 0 Å². The number of carbonyl (C=O) groups is 2. The fourth-order valence-electron chi connectivity index (χ4n) is 4.36. The first-order chi connectivity index (χ1) is 19.1. The van der Waals surface area contributed by atoms with Gasteiger partial charge in [-0.3, -0.25) is 0 Å². The van der Waals surface area contributed by atoms with Gasteiger partial charge in [-0.05, 0) is 60.9 Å². The quantitative estimate of drug-likeness (QED) is 0.209. The van der Waals surface area contributed by atoms with E-state index in [9.17, 15) is 22.8 Å². The lowest BCUT2D eigenvalue weighted by Crippen LogP contribution is -2.51. The lowest BCUT2D eigenvalue weighted by Gasteiger charge is -2.27. The van der Waals surface area contributed by atoms with Crippen LogP contribution in [0.3, 0.4) is 0 Å². The molecule has 0 heterocycles. The predicted octanol–water partition coefficient (Wildman–Crippen LogP) is 4.70. The monoisotopic (exact) mass is 564 g/mol. The smallest absolute Gasteiger partial charge is 0.329 e. The zero-order valence-electron chi connectivity index (χ0n) is 23.7. The fourth-order valence-corrected chi connectivity index (χ4v) is 4.36. The maximum Gasteiger partial charge on any atom is 0.329 e. The highest BCUT2D eigenvalue weighted by Crippen LogP contribution is 2.16. The van der Waals surface area contributed by atoms with Crippen molar-refractivity contribution in [2.24, 2.45) is 5.73 Å². The Morgan fingerprint density at radius 3 is 2.33 bits per heavy atom. The normalized spacial score (nSPS) is 14.2. The van der Waals surface area contributed by atoms with Gasteiger partial charge in [0.15, 0.2) is 0 Å². The third kappa shape index (κ3) is 12.0. The molecule has 0 radical (unpaired) electrons. The summed E-state index contributed by atoms with van der Waals surface area (Å²) in [5, 5.41) is 8.17. The molecule has 2 aromatic carbocycles. The number of unbranched alkanes of at least 4 members (excludes halogenated alkanes) is 1. The third-order valence-corrected chi connectivity index (χ3v) is 6.67. The van der Waals surface area contributed by atoms with Gasteiger partial charge in [0, 0.05) is 32.2 Å². The summed E-state index contributed by atoms with van der Waals surface area (Å²) in [6.07, 6.45) is 1.00. The first kappa shape index (κ1) is 33.1. The maximum absolute atomic E-state index is 14.3. The van der Waals surface area contributed by atoms with Crippen LogP contribution in [0, 0.1) is 11.6 Å². The van der Waals surface area contributed by atoms with Crippen molar-refractivity contribution < 1.29 is 27.5 Å². The summed E-state index contributed by atoms with van der Waals surface area (Å²) >= 11 is 0. The van der Waals surface area contributed by atoms with Crippen molar-refractivity contribution in [2.75, 3.05) is 13.6 Å². The van der Waals surface area contributed by atoms with E-state index < -0.39 is 48.0 Å². The number of rotatable bonds is 17. The minimum Gasteiger partial charge on any atom is -0.458 e. The molecule has 0 fully saturated rings. The van der Waals surface area contributed by atoms with Crippen LogP contribution in [0.1, 0.15) is 62.6 Å². The van der Waals surface area contributed by atoms with Gasteiger partial charge in [-0.1, -0.05) is 51.0 Å². The summed E-state index contributed by atoms with van der Waals surface area (Å²) < 4.78 is 47.7. The molecule has 1 unspecified atom stereocenters. The Labute approximate surface area is 235 Å².